The zero-order valence-corrected chi connectivity index (χ0v) is 16.2. The van der Waals surface area contributed by atoms with E-state index in [0.717, 1.165) is 29.7 Å². The predicted octanol–water partition coefficient (Wildman–Crippen LogP) is 1.91. The van der Waals surface area contributed by atoms with Crippen LogP contribution in [0.1, 0.15) is 10.4 Å². The van der Waals surface area contributed by atoms with Crippen LogP contribution in [-0.4, -0.2) is 38.9 Å². The van der Waals surface area contributed by atoms with E-state index in [4.69, 9.17) is 0 Å². The largest absolute Gasteiger partial charge is 0.328 e. The van der Waals surface area contributed by atoms with Gasteiger partial charge in [-0.25, -0.2) is 8.42 Å². The van der Waals surface area contributed by atoms with E-state index < -0.39 is 10.0 Å². The molecule has 1 saturated heterocycles. The lowest BCUT2D eigenvalue weighted by molar-refractivity contribution is -0.917. The topological polar surface area (TPSA) is 41.8 Å². The maximum Gasteiger partial charge on any atom is 0.243 e. The van der Waals surface area contributed by atoms with E-state index >= 15 is 0 Å². The number of hydrogen-bond donors (Lipinski definition) is 1. The molecule has 1 N–H and O–H groups in total. The third kappa shape index (κ3) is 3.85. The average Bonchev–Trinajstić information content (AvgIpc) is 3.03. The molecule has 0 atom stereocenters. The van der Waals surface area contributed by atoms with Crippen molar-refractivity contribution in [3.8, 4) is 0 Å². The Morgan fingerprint density at radius 2 is 2.00 bits per heavy atom. The number of aryl methyl sites for hydroxylation is 1. The summed E-state index contributed by atoms with van der Waals surface area (Å²) in [6, 6.07) is 9.63. The van der Waals surface area contributed by atoms with E-state index in [0.29, 0.717) is 18.0 Å². The van der Waals surface area contributed by atoms with Gasteiger partial charge in [-0.1, -0.05) is 28.1 Å². The van der Waals surface area contributed by atoms with Crippen molar-refractivity contribution in [2.24, 2.45) is 0 Å². The van der Waals surface area contributed by atoms with Gasteiger partial charge in [0.1, 0.15) is 6.54 Å². The molecule has 1 aromatic carbocycles. The molecular weight excluding hydrogens is 396 g/mol. The van der Waals surface area contributed by atoms with Crippen LogP contribution < -0.4 is 4.90 Å². The lowest BCUT2D eigenvalue weighted by atomic mass is 10.2. The van der Waals surface area contributed by atoms with E-state index in [1.165, 1.54) is 9.78 Å². The summed E-state index contributed by atoms with van der Waals surface area (Å²) in [4.78, 5) is 3.22. The van der Waals surface area contributed by atoms with Gasteiger partial charge in [-0.2, -0.15) is 4.31 Å². The molecule has 0 radical (unpaired) electrons. The molecule has 4 nitrogen and oxygen atoms in total. The van der Waals surface area contributed by atoms with Crippen LogP contribution in [0.15, 0.2) is 45.1 Å². The van der Waals surface area contributed by atoms with Crippen LogP contribution in [0, 0.1) is 6.92 Å². The predicted molar refractivity (Wildman–Crippen MR) is 96.4 cm³/mol. The van der Waals surface area contributed by atoms with E-state index in [9.17, 15) is 8.42 Å². The summed E-state index contributed by atoms with van der Waals surface area (Å²) in [6.07, 6.45) is 0. The normalized spacial score (nSPS) is 17.5. The van der Waals surface area contributed by atoms with Gasteiger partial charge in [0, 0.05) is 4.47 Å². The fourth-order valence-corrected chi connectivity index (χ4v) is 5.85. The quantitative estimate of drug-likeness (QED) is 0.828. The van der Waals surface area contributed by atoms with Crippen LogP contribution in [0.5, 0.6) is 0 Å². The molecular formula is C16H20BrN2O2S2+. The molecule has 1 aliphatic rings. The monoisotopic (exact) mass is 415 g/mol. The Kier molecular flexibility index (Phi) is 5.22. The first-order chi connectivity index (χ1) is 11.0. The van der Waals surface area contributed by atoms with Crippen molar-refractivity contribution in [2.45, 2.75) is 18.4 Å². The number of thiophene rings is 1. The average molecular weight is 416 g/mol. The summed E-state index contributed by atoms with van der Waals surface area (Å²) in [5.74, 6) is 0. The molecule has 0 amide bonds. The minimum atomic E-state index is -3.41. The minimum absolute atomic E-state index is 0.411. The molecule has 1 aliphatic heterocycles. The number of piperazine rings is 1. The van der Waals surface area contributed by atoms with Crippen molar-refractivity contribution in [1.82, 2.24) is 4.31 Å². The Hall–Kier alpha value is -0.730. The van der Waals surface area contributed by atoms with Crippen molar-refractivity contribution in [3.05, 3.63) is 50.6 Å². The van der Waals surface area contributed by atoms with Crippen LogP contribution in [0.4, 0.5) is 0 Å². The number of nitrogens with one attached hydrogen (secondary N) is 1. The number of rotatable bonds is 4. The Morgan fingerprint density at radius 3 is 2.65 bits per heavy atom. The van der Waals surface area contributed by atoms with Crippen molar-refractivity contribution < 1.29 is 13.3 Å². The molecule has 0 saturated carbocycles. The summed E-state index contributed by atoms with van der Waals surface area (Å²) in [7, 11) is -3.41. The molecule has 7 heteroatoms. The molecule has 23 heavy (non-hydrogen) atoms. The van der Waals surface area contributed by atoms with Crippen LogP contribution in [0.3, 0.4) is 0 Å². The van der Waals surface area contributed by atoms with E-state index in [1.54, 1.807) is 21.7 Å². The van der Waals surface area contributed by atoms with Gasteiger partial charge in [-0.3, -0.25) is 0 Å². The van der Waals surface area contributed by atoms with Crippen molar-refractivity contribution >= 4 is 37.3 Å². The smallest absolute Gasteiger partial charge is 0.243 e. The second-order valence-corrected chi connectivity index (χ2v) is 9.67. The first-order valence-corrected chi connectivity index (χ1v) is 10.7. The Balaban J connectivity index is 1.70. The summed E-state index contributed by atoms with van der Waals surface area (Å²) >= 11 is 5.14. The van der Waals surface area contributed by atoms with Gasteiger partial charge in [0.2, 0.25) is 10.0 Å². The van der Waals surface area contributed by atoms with E-state index in [2.05, 4.69) is 33.4 Å². The highest BCUT2D eigenvalue weighted by Crippen LogP contribution is 2.23. The number of halogens is 1. The van der Waals surface area contributed by atoms with Crippen LogP contribution in [0.2, 0.25) is 0 Å². The maximum absolute atomic E-state index is 12.9. The maximum atomic E-state index is 12.9. The Labute approximate surface area is 149 Å². The molecule has 2 aromatic rings. The second-order valence-electron chi connectivity index (χ2n) is 5.82. The SMILES string of the molecule is Cc1ccc(Br)cc1S(=O)(=O)N1CC[NH+](Cc2cccs2)CC1. The van der Waals surface area contributed by atoms with Crippen LogP contribution in [0.25, 0.3) is 0 Å². The zero-order valence-electron chi connectivity index (χ0n) is 13.0. The molecule has 0 aliphatic carbocycles. The summed E-state index contributed by atoms with van der Waals surface area (Å²) in [5.41, 5.74) is 0.793. The van der Waals surface area contributed by atoms with Crippen molar-refractivity contribution in [2.75, 3.05) is 26.2 Å². The van der Waals surface area contributed by atoms with E-state index in [-0.39, 0.29) is 0 Å². The van der Waals surface area contributed by atoms with E-state index in [1.807, 2.05) is 19.1 Å². The van der Waals surface area contributed by atoms with Crippen LogP contribution >= 0.6 is 27.3 Å². The molecule has 3 rings (SSSR count). The highest BCUT2D eigenvalue weighted by atomic mass is 79.9. The lowest BCUT2D eigenvalue weighted by Gasteiger charge is -2.31. The number of sulfonamides is 1. The summed E-state index contributed by atoms with van der Waals surface area (Å²) < 4.78 is 28.2. The highest BCUT2D eigenvalue weighted by molar-refractivity contribution is 9.10. The lowest BCUT2D eigenvalue weighted by Crippen LogP contribution is -3.13. The van der Waals surface area contributed by atoms with Gasteiger partial charge in [-0.15, -0.1) is 11.3 Å². The fourth-order valence-electron chi connectivity index (χ4n) is 2.87. The van der Waals surface area contributed by atoms with Crippen LogP contribution in [-0.2, 0) is 16.6 Å². The van der Waals surface area contributed by atoms with Gasteiger partial charge in [-0.05, 0) is 36.1 Å². The van der Waals surface area contributed by atoms with Gasteiger partial charge in [0.25, 0.3) is 0 Å². The minimum Gasteiger partial charge on any atom is -0.328 e. The van der Waals surface area contributed by atoms with Crippen molar-refractivity contribution in [3.63, 3.8) is 0 Å². The number of quaternary nitrogens is 1. The molecule has 124 valence electrons. The molecule has 1 fully saturated rings. The van der Waals surface area contributed by atoms with Gasteiger partial charge >= 0.3 is 0 Å². The first-order valence-electron chi connectivity index (χ1n) is 7.59. The Bertz CT molecular complexity index is 767. The molecule has 2 heterocycles. The van der Waals surface area contributed by atoms with Crippen molar-refractivity contribution in [1.29, 1.82) is 0 Å². The third-order valence-corrected chi connectivity index (χ3v) is 7.61. The molecule has 0 unspecified atom stereocenters. The summed E-state index contributed by atoms with van der Waals surface area (Å²) in [6.45, 7) is 5.69. The Morgan fingerprint density at radius 1 is 1.26 bits per heavy atom. The second kappa shape index (κ2) is 7.03. The summed E-state index contributed by atoms with van der Waals surface area (Å²) in [5, 5.41) is 2.09. The number of nitrogens with zero attached hydrogens (tertiary/aromatic N) is 1. The number of benzene rings is 1. The first kappa shape index (κ1) is 17.1. The third-order valence-electron chi connectivity index (χ3n) is 4.20. The standard InChI is InChI=1S/C16H19BrN2O2S2/c1-13-4-5-14(17)11-16(13)23(20,21)19-8-6-18(7-9-19)12-15-3-2-10-22-15/h2-5,10-11H,6-9,12H2,1H3/p+1. The highest BCUT2D eigenvalue weighted by Gasteiger charge is 2.31. The number of hydrogen-bond acceptors (Lipinski definition) is 3. The zero-order chi connectivity index (χ0) is 16.4. The molecule has 0 spiro atoms. The molecule has 0 bridgehead atoms. The van der Waals surface area contributed by atoms with Gasteiger partial charge in [0.15, 0.2) is 0 Å². The molecule has 1 aromatic heterocycles. The van der Waals surface area contributed by atoms with Gasteiger partial charge < -0.3 is 4.90 Å². The fraction of sp³-hybridized carbons (Fsp3) is 0.375. The van der Waals surface area contributed by atoms with Gasteiger partial charge in [0.05, 0.1) is 36.0 Å².